The van der Waals surface area contributed by atoms with Gasteiger partial charge in [0, 0.05) is 43.8 Å². The summed E-state index contributed by atoms with van der Waals surface area (Å²) in [6.45, 7) is 2.15. The van der Waals surface area contributed by atoms with Crippen LogP contribution in [0.3, 0.4) is 0 Å². The summed E-state index contributed by atoms with van der Waals surface area (Å²) in [6.07, 6.45) is 9.46. The van der Waals surface area contributed by atoms with Crippen molar-refractivity contribution in [3.63, 3.8) is 0 Å². The monoisotopic (exact) mass is 380 g/mol. The minimum absolute atomic E-state index is 0.00401. The molecule has 1 aliphatic rings. The molecule has 1 atom stereocenters. The predicted octanol–water partition coefficient (Wildman–Crippen LogP) is 4.00. The number of piperidine rings is 1. The molecular weight excluding hydrogens is 360 g/mol. The quantitative estimate of drug-likeness (QED) is 0.687. The molecular formula is C21H21ClN4O. The van der Waals surface area contributed by atoms with E-state index < -0.39 is 0 Å². The van der Waals surface area contributed by atoms with Crippen molar-refractivity contribution >= 4 is 17.5 Å². The molecule has 1 amide bonds. The Kier molecular flexibility index (Phi) is 5.21. The molecule has 3 aromatic rings. The van der Waals surface area contributed by atoms with Crippen LogP contribution in [0.1, 0.15) is 40.5 Å². The summed E-state index contributed by atoms with van der Waals surface area (Å²) in [5.74, 6) is 1.24. The number of likely N-dealkylation sites (tertiary alicyclic amines) is 1. The van der Waals surface area contributed by atoms with Crippen molar-refractivity contribution in [2.24, 2.45) is 0 Å². The van der Waals surface area contributed by atoms with E-state index in [1.54, 1.807) is 18.3 Å². The van der Waals surface area contributed by atoms with E-state index in [4.69, 9.17) is 11.6 Å². The number of carbonyl (C=O) groups is 1. The van der Waals surface area contributed by atoms with Crippen LogP contribution < -0.4 is 0 Å². The first kappa shape index (κ1) is 17.7. The largest absolute Gasteiger partial charge is 0.338 e. The maximum atomic E-state index is 12.9. The molecule has 6 heteroatoms. The van der Waals surface area contributed by atoms with Crippen molar-refractivity contribution in [2.45, 2.75) is 25.3 Å². The molecule has 5 nitrogen and oxygen atoms in total. The Labute approximate surface area is 163 Å². The minimum atomic E-state index is -0.00401. The molecule has 138 valence electrons. The first-order valence-electron chi connectivity index (χ1n) is 9.16. The number of hydrogen-bond donors (Lipinski definition) is 0. The van der Waals surface area contributed by atoms with Gasteiger partial charge < -0.3 is 9.47 Å². The average Bonchev–Trinajstić information content (AvgIpc) is 3.17. The van der Waals surface area contributed by atoms with E-state index in [1.165, 1.54) is 0 Å². The smallest absolute Gasteiger partial charge is 0.255 e. The lowest BCUT2D eigenvalue weighted by atomic mass is 9.96. The Hall–Kier alpha value is -2.66. The van der Waals surface area contributed by atoms with Crippen LogP contribution in [0, 0.1) is 0 Å². The number of pyridine rings is 1. The molecule has 3 heterocycles. The summed E-state index contributed by atoms with van der Waals surface area (Å²) in [7, 11) is 0. The standard InChI is InChI=1S/C21H21ClN4O/c22-19-8-2-1-7-18(19)21(27)26-11-4-6-17(15-26)20-24-10-12-25(20)14-16-5-3-9-23-13-16/h1-3,5,7-10,12-13,17H,4,6,11,14-15H2/t17-/m0/s1. The van der Waals surface area contributed by atoms with Crippen LogP contribution in [0.15, 0.2) is 61.2 Å². The van der Waals surface area contributed by atoms with Crippen molar-refractivity contribution in [3.8, 4) is 0 Å². The zero-order valence-corrected chi connectivity index (χ0v) is 15.7. The molecule has 4 rings (SSSR count). The van der Waals surface area contributed by atoms with Crippen molar-refractivity contribution < 1.29 is 4.79 Å². The molecule has 0 spiro atoms. The third kappa shape index (κ3) is 3.88. The molecule has 0 saturated carbocycles. The van der Waals surface area contributed by atoms with E-state index >= 15 is 0 Å². The number of benzene rings is 1. The van der Waals surface area contributed by atoms with Gasteiger partial charge in [0.25, 0.3) is 5.91 Å². The van der Waals surface area contributed by atoms with Crippen LogP contribution in [0.25, 0.3) is 0 Å². The lowest BCUT2D eigenvalue weighted by Crippen LogP contribution is -2.39. The van der Waals surface area contributed by atoms with Crippen molar-refractivity contribution in [1.82, 2.24) is 19.4 Å². The van der Waals surface area contributed by atoms with Crippen LogP contribution in [0.5, 0.6) is 0 Å². The fourth-order valence-electron chi connectivity index (χ4n) is 3.68. The number of amides is 1. The highest BCUT2D eigenvalue weighted by molar-refractivity contribution is 6.33. The molecule has 1 aliphatic heterocycles. The Morgan fingerprint density at radius 2 is 2.07 bits per heavy atom. The van der Waals surface area contributed by atoms with E-state index in [0.717, 1.165) is 37.3 Å². The highest BCUT2D eigenvalue weighted by atomic mass is 35.5. The first-order chi connectivity index (χ1) is 13.2. The van der Waals surface area contributed by atoms with Gasteiger partial charge in [-0.1, -0.05) is 29.8 Å². The molecule has 1 saturated heterocycles. The van der Waals surface area contributed by atoms with Crippen LogP contribution in [-0.2, 0) is 6.54 Å². The Bertz CT molecular complexity index is 925. The Morgan fingerprint density at radius 3 is 2.89 bits per heavy atom. The highest BCUT2D eigenvalue weighted by Crippen LogP contribution is 2.28. The summed E-state index contributed by atoms with van der Waals surface area (Å²) in [4.78, 5) is 23.6. The van der Waals surface area contributed by atoms with Crippen LogP contribution >= 0.6 is 11.6 Å². The maximum Gasteiger partial charge on any atom is 0.255 e. The summed E-state index contributed by atoms with van der Waals surface area (Å²) >= 11 is 6.22. The topological polar surface area (TPSA) is 51.0 Å². The molecule has 1 fully saturated rings. The van der Waals surface area contributed by atoms with Crippen molar-refractivity contribution in [3.05, 3.63) is 83.2 Å². The summed E-state index contributed by atoms with van der Waals surface area (Å²) in [6, 6.07) is 11.2. The number of hydrogen-bond acceptors (Lipinski definition) is 3. The van der Waals surface area contributed by atoms with Crippen molar-refractivity contribution in [2.75, 3.05) is 13.1 Å². The SMILES string of the molecule is O=C(c1ccccc1Cl)N1CCC[C@H](c2nccn2Cc2cccnc2)C1. The molecule has 27 heavy (non-hydrogen) atoms. The second-order valence-corrected chi connectivity index (χ2v) is 7.25. The van der Waals surface area contributed by atoms with Crippen LogP contribution in [-0.4, -0.2) is 38.4 Å². The normalized spacial score (nSPS) is 17.1. The number of rotatable bonds is 4. The van der Waals surface area contributed by atoms with Gasteiger partial charge in [-0.3, -0.25) is 9.78 Å². The first-order valence-corrected chi connectivity index (χ1v) is 9.54. The highest BCUT2D eigenvalue weighted by Gasteiger charge is 2.28. The van der Waals surface area contributed by atoms with Gasteiger partial charge in [0.15, 0.2) is 0 Å². The van der Waals surface area contributed by atoms with E-state index in [-0.39, 0.29) is 11.8 Å². The number of carbonyl (C=O) groups excluding carboxylic acids is 1. The predicted molar refractivity (Wildman–Crippen MR) is 105 cm³/mol. The summed E-state index contributed by atoms with van der Waals surface area (Å²) in [5.41, 5.74) is 1.70. The molecule has 0 aliphatic carbocycles. The lowest BCUT2D eigenvalue weighted by Gasteiger charge is -2.33. The van der Waals surface area contributed by atoms with E-state index in [2.05, 4.69) is 20.6 Å². The van der Waals surface area contributed by atoms with Gasteiger partial charge in [0.2, 0.25) is 0 Å². The average molecular weight is 381 g/mol. The van der Waals surface area contributed by atoms with Crippen LogP contribution in [0.4, 0.5) is 0 Å². The van der Waals surface area contributed by atoms with Gasteiger partial charge in [-0.15, -0.1) is 0 Å². The van der Waals surface area contributed by atoms with Crippen molar-refractivity contribution in [1.29, 1.82) is 0 Å². The molecule has 0 radical (unpaired) electrons. The third-order valence-electron chi connectivity index (χ3n) is 5.00. The molecule has 0 bridgehead atoms. The van der Waals surface area contributed by atoms with E-state index in [0.29, 0.717) is 17.1 Å². The van der Waals surface area contributed by atoms with E-state index in [1.807, 2.05) is 41.7 Å². The van der Waals surface area contributed by atoms with Gasteiger partial charge in [0.05, 0.1) is 17.1 Å². The van der Waals surface area contributed by atoms with Crippen LogP contribution in [0.2, 0.25) is 5.02 Å². The second kappa shape index (κ2) is 7.92. The Balaban J connectivity index is 1.52. The van der Waals surface area contributed by atoms with Gasteiger partial charge in [-0.25, -0.2) is 4.98 Å². The number of nitrogens with zero attached hydrogens (tertiary/aromatic N) is 4. The van der Waals surface area contributed by atoms with E-state index in [9.17, 15) is 4.79 Å². The van der Waals surface area contributed by atoms with Gasteiger partial charge in [-0.05, 0) is 36.6 Å². The Morgan fingerprint density at radius 1 is 1.19 bits per heavy atom. The summed E-state index contributed by atoms with van der Waals surface area (Å²) < 4.78 is 2.16. The number of aromatic nitrogens is 3. The maximum absolute atomic E-state index is 12.9. The fraction of sp³-hybridized carbons (Fsp3) is 0.286. The minimum Gasteiger partial charge on any atom is -0.338 e. The summed E-state index contributed by atoms with van der Waals surface area (Å²) in [5, 5.41) is 0.503. The molecule has 0 N–H and O–H groups in total. The molecule has 1 aromatic carbocycles. The molecule has 2 aromatic heterocycles. The van der Waals surface area contributed by atoms with Gasteiger partial charge >= 0.3 is 0 Å². The third-order valence-corrected chi connectivity index (χ3v) is 5.33. The zero-order valence-electron chi connectivity index (χ0n) is 15.0. The molecule has 0 unspecified atom stereocenters. The van der Waals surface area contributed by atoms with Gasteiger partial charge in [0.1, 0.15) is 5.82 Å². The number of halogens is 1. The van der Waals surface area contributed by atoms with Gasteiger partial charge in [-0.2, -0.15) is 0 Å². The lowest BCUT2D eigenvalue weighted by molar-refractivity contribution is 0.0703. The second-order valence-electron chi connectivity index (χ2n) is 6.84. The fourth-order valence-corrected chi connectivity index (χ4v) is 3.90. The number of imidazole rings is 1. The zero-order chi connectivity index (χ0) is 18.6.